The summed E-state index contributed by atoms with van der Waals surface area (Å²) in [6.07, 6.45) is 0.971. The Morgan fingerprint density at radius 1 is 1.00 bits per heavy atom. The number of halogens is 1. The van der Waals surface area contributed by atoms with Crippen LogP contribution in [0.1, 0.15) is 53.0 Å². The van der Waals surface area contributed by atoms with Crippen molar-refractivity contribution >= 4 is 23.7 Å². The Morgan fingerprint density at radius 3 is 2.31 bits per heavy atom. The lowest BCUT2D eigenvalue weighted by atomic mass is 9.92. The maximum absolute atomic E-state index is 12.6. The van der Waals surface area contributed by atoms with Gasteiger partial charge >= 0.3 is 12.1 Å². The van der Waals surface area contributed by atoms with Crippen molar-refractivity contribution in [1.29, 1.82) is 0 Å². The van der Waals surface area contributed by atoms with Crippen LogP contribution in [-0.2, 0) is 25.4 Å². The summed E-state index contributed by atoms with van der Waals surface area (Å²) >= 11 is 6.13. The van der Waals surface area contributed by atoms with E-state index in [1.54, 1.807) is 6.92 Å². The Morgan fingerprint density at radius 2 is 1.71 bits per heavy atom. The molecule has 0 unspecified atom stereocenters. The first-order valence-corrected chi connectivity index (χ1v) is 12.6. The van der Waals surface area contributed by atoms with Crippen molar-refractivity contribution in [2.24, 2.45) is 5.92 Å². The summed E-state index contributed by atoms with van der Waals surface area (Å²) in [4.78, 5) is 25.2. The Bertz CT molecular complexity index is 939. The van der Waals surface area contributed by atoms with Gasteiger partial charge in [0.05, 0.1) is 12.5 Å². The minimum absolute atomic E-state index is 0.278. The number of hydrogen-bond acceptors (Lipinski definition) is 5. The summed E-state index contributed by atoms with van der Waals surface area (Å²) in [6, 6.07) is 15.5. The third-order valence-corrected chi connectivity index (χ3v) is 5.55. The van der Waals surface area contributed by atoms with Gasteiger partial charge in [0, 0.05) is 24.3 Å². The van der Waals surface area contributed by atoms with E-state index in [9.17, 15) is 9.59 Å². The van der Waals surface area contributed by atoms with E-state index in [1.807, 2.05) is 76.2 Å². The van der Waals surface area contributed by atoms with E-state index >= 15 is 0 Å². The summed E-state index contributed by atoms with van der Waals surface area (Å²) < 4.78 is 16.2. The normalized spacial score (nSPS) is 13.1. The van der Waals surface area contributed by atoms with Gasteiger partial charge in [-0.05, 0) is 82.7 Å². The van der Waals surface area contributed by atoms with Gasteiger partial charge in [-0.2, -0.15) is 0 Å². The van der Waals surface area contributed by atoms with Gasteiger partial charge in [0.25, 0.3) is 0 Å². The molecule has 0 aromatic heterocycles. The smallest absolute Gasteiger partial charge is 0.407 e. The molecule has 0 aliphatic carbocycles. The molecule has 0 spiro atoms. The predicted molar refractivity (Wildman–Crippen MR) is 140 cm³/mol. The van der Waals surface area contributed by atoms with Crippen LogP contribution in [-0.4, -0.2) is 43.5 Å². The summed E-state index contributed by atoms with van der Waals surface area (Å²) in [5.41, 5.74) is 2.49. The van der Waals surface area contributed by atoms with Crippen LogP contribution in [0, 0.1) is 5.92 Å². The number of rotatable bonds is 12. The number of benzene rings is 2. The van der Waals surface area contributed by atoms with Crippen molar-refractivity contribution in [1.82, 2.24) is 5.32 Å². The highest BCUT2D eigenvalue weighted by Crippen LogP contribution is 2.24. The lowest BCUT2D eigenvalue weighted by Gasteiger charge is -2.26. The number of carbonyl (C=O) groups is 2. The van der Waals surface area contributed by atoms with Crippen molar-refractivity contribution in [3.05, 3.63) is 59.1 Å². The molecule has 1 N–H and O–H groups in total. The number of hydrogen-bond donors (Lipinski definition) is 1. The average Bonchev–Trinajstić information content (AvgIpc) is 2.78. The number of esters is 1. The molecule has 0 saturated carbocycles. The fourth-order valence-corrected chi connectivity index (χ4v) is 3.95. The number of amides is 1. The van der Waals surface area contributed by atoms with Gasteiger partial charge < -0.3 is 19.5 Å². The Labute approximate surface area is 214 Å². The van der Waals surface area contributed by atoms with Crippen molar-refractivity contribution in [3.8, 4) is 11.1 Å². The van der Waals surface area contributed by atoms with Gasteiger partial charge in [0.15, 0.2) is 0 Å². The van der Waals surface area contributed by atoms with Gasteiger partial charge in [-0.25, -0.2) is 4.79 Å². The zero-order valence-corrected chi connectivity index (χ0v) is 22.2. The van der Waals surface area contributed by atoms with Gasteiger partial charge in [0.1, 0.15) is 5.60 Å². The van der Waals surface area contributed by atoms with Gasteiger partial charge in [0.2, 0.25) is 0 Å². The van der Waals surface area contributed by atoms with E-state index < -0.39 is 17.6 Å². The molecule has 192 valence electrons. The first kappa shape index (κ1) is 28.7. The highest BCUT2D eigenvalue weighted by Gasteiger charge is 2.27. The molecule has 6 nitrogen and oxygen atoms in total. The highest BCUT2D eigenvalue weighted by atomic mass is 35.5. The first-order chi connectivity index (χ1) is 16.6. The number of nitrogens with one attached hydrogen (secondary N) is 1. The van der Waals surface area contributed by atoms with E-state index in [-0.39, 0.29) is 12.0 Å². The van der Waals surface area contributed by atoms with Crippen LogP contribution < -0.4 is 5.32 Å². The zero-order valence-electron chi connectivity index (χ0n) is 21.4. The topological polar surface area (TPSA) is 73.9 Å². The summed E-state index contributed by atoms with van der Waals surface area (Å²) in [6.45, 7) is 10.5. The molecule has 2 aromatic rings. The van der Waals surface area contributed by atoms with Crippen LogP contribution in [0.4, 0.5) is 4.79 Å². The zero-order chi connectivity index (χ0) is 25.8. The molecule has 0 radical (unpaired) electrons. The number of alkyl carbamates (subject to hydrolysis) is 1. The molecule has 35 heavy (non-hydrogen) atoms. The fraction of sp³-hybridized carbons (Fsp3) is 0.500. The monoisotopic (exact) mass is 503 g/mol. The van der Waals surface area contributed by atoms with E-state index in [1.165, 1.54) is 0 Å². The van der Waals surface area contributed by atoms with Crippen LogP contribution in [0.25, 0.3) is 11.1 Å². The van der Waals surface area contributed by atoms with Crippen LogP contribution in [0.15, 0.2) is 48.5 Å². The molecule has 0 bridgehead atoms. The van der Waals surface area contributed by atoms with Crippen molar-refractivity contribution < 1.29 is 23.8 Å². The quantitative estimate of drug-likeness (QED) is 0.266. The van der Waals surface area contributed by atoms with Gasteiger partial charge in [-0.1, -0.05) is 48.0 Å². The second kappa shape index (κ2) is 14.1. The van der Waals surface area contributed by atoms with E-state index in [0.717, 1.165) is 16.7 Å². The summed E-state index contributed by atoms with van der Waals surface area (Å²) in [7, 11) is 0. The average molecular weight is 504 g/mol. The molecule has 1 amide bonds. The lowest BCUT2D eigenvalue weighted by molar-refractivity contribution is -0.149. The van der Waals surface area contributed by atoms with Gasteiger partial charge in [-0.3, -0.25) is 4.79 Å². The lowest BCUT2D eigenvalue weighted by Crippen LogP contribution is -2.42. The predicted octanol–water partition coefficient (Wildman–Crippen LogP) is 6.44. The minimum Gasteiger partial charge on any atom is -0.466 e. The molecular formula is C28H38ClNO5. The SMILES string of the molecule is CCOCC[C@H](C[C@@H](Cc1ccc(-c2cccc(Cl)c2)cc1)NC(=O)OC(C)(C)C)C(=O)OCC. The maximum Gasteiger partial charge on any atom is 0.407 e. The fourth-order valence-electron chi connectivity index (χ4n) is 3.76. The molecule has 7 heteroatoms. The van der Waals surface area contributed by atoms with Crippen molar-refractivity contribution in [3.63, 3.8) is 0 Å². The third-order valence-electron chi connectivity index (χ3n) is 5.32. The van der Waals surface area contributed by atoms with Gasteiger partial charge in [-0.15, -0.1) is 0 Å². The number of ether oxygens (including phenoxy) is 3. The molecule has 0 fully saturated rings. The van der Waals surface area contributed by atoms with E-state index in [0.29, 0.717) is 44.1 Å². The van der Waals surface area contributed by atoms with Crippen molar-refractivity contribution in [2.45, 2.75) is 65.5 Å². The molecule has 0 aliphatic rings. The summed E-state index contributed by atoms with van der Waals surface area (Å²) in [5.74, 6) is -0.674. The Kier molecular flexibility index (Phi) is 11.5. The second-order valence-corrected chi connectivity index (χ2v) is 9.86. The third kappa shape index (κ3) is 10.7. The molecule has 2 aromatic carbocycles. The minimum atomic E-state index is -0.622. The number of carbonyl (C=O) groups excluding carboxylic acids is 2. The molecule has 2 rings (SSSR count). The molecule has 0 saturated heterocycles. The van der Waals surface area contributed by atoms with Crippen LogP contribution in [0.2, 0.25) is 5.02 Å². The second-order valence-electron chi connectivity index (χ2n) is 9.42. The van der Waals surface area contributed by atoms with Crippen LogP contribution in [0.5, 0.6) is 0 Å². The Balaban J connectivity index is 2.20. The standard InChI is InChI=1S/C28H38ClNO5/c1-6-33-16-15-23(26(31)34-7-2)19-25(30-27(32)35-28(3,4)5)17-20-11-13-21(14-12-20)22-9-8-10-24(29)18-22/h8-14,18,23,25H,6-7,15-17,19H2,1-5H3,(H,30,32)/t23-,25-/m1/s1. The summed E-state index contributed by atoms with van der Waals surface area (Å²) in [5, 5.41) is 3.65. The molecule has 0 aliphatic heterocycles. The van der Waals surface area contributed by atoms with Crippen LogP contribution in [0.3, 0.4) is 0 Å². The van der Waals surface area contributed by atoms with E-state index in [4.69, 9.17) is 25.8 Å². The maximum atomic E-state index is 12.6. The first-order valence-electron chi connectivity index (χ1n) is 12.2. The molecule has 2 atom stereocenters. The van der Waals surface area contributed by atoms with Crippen LogP contribution >= 0.6 is 11.6 Å². The molecule has 0 heterocycles. The van der Waals surface area contributed by atoms with Crippen molar-refractivity contribution in [2.75, 3.05) is 19.8 Å². The highest BCUT2D eigenvalue weighted by molar-refractivity contribution is 6.30. The Hall–Kier alpha value is -2.57. The van der Waals surface area contributed by atoms with E-state index in [2.05, 4.69) is 5.32 Å². The largest absolute Gasteiger partial charge is 0.466 e. The molecular weight excluding hydrogens is 466 g/mol.